The van der Waals surface area contributed by atoms with Gasteiger partial charge in [0.15, 0.2) is 0 Å². The van der Waals surface area contributed by atoms with Gasteiger partial charge in [-0.3, -0.25) is 9.59 Å². The van der Waals surface area contributed by atoms with E-state index in [2.05, 4.69) is 24.3 Å². The number of ether oxygens (including phenoxy) is 1. The van der Waals surface area contributed by atoms with Crippen molar-refractivity contribution in [2.24, 2.45) is 17.8 Å². The third-order valence-corrected chi connectivity index (χ3v) is 7.36. The number of hydrogen-bond donors (Lipinski definition) is 0. The fraction of sp³-hybridized carbons (Fsp3) is 0.276. The summed E-state index contributed by atoms with van der Waals surface area (Å²) in [5.41, 5.74) is 5.05. The molecule has 34 heavy (non-hydrogen) atoms. The Labute approximate surface area is 198 Å². The molecule has 0 saturated carbocycles. The van der Waals surface area contributed by atoms with Gasteiger partial charge in [0.2, 0.25) is 11.8 Å². The van der Waals surface area contributed by atoms with Crippen LogP contribution in [-0.2, 0) is 14.3 Å². The van der Waals surface area contributed by atoms with E-state index >= 15 is 0 Å². The third-order valence-electron chi connectivity index (χ3n) is 7.36. The van der Waals surface area contributed by atoms with Gasteiger partial charge in [0.25, 0.3) is 0 Å². The van der Waals surface area contributed by atoms with Gasteiger partial charge in [-0.25, -0.2) is 9.69 Å². The highest BCUT2D eigenvalue weighted by Crippen LogP contribution is 2.61. The second kappa shape index (κ2) is 7.66. The van der Waals surface area contributed by atoms with Crippen molar-refractivity contribution in [3.63, 3.8) is 0 Å². The van der Waals surface area contributed by atoms with Crippen molar-refractivity contribution in [3.8, 4) is 0 Å². The molecule has 1 fully saturated rings. The first-order valence-electron chi connectivity index (χ1n) is 11.8. The van der Waals surface area contributed by atoms with E-state index in [1.54, 1.807) is 24.3 Å². The standard InChI is InChI=1S/C29H25NO4/c1-16(2)15-34-29(33)21-13-7-8-14-22(21)30-27(31)25-23-17-9-3-4-10-18(17)24(26(25)28(30)32)20-12-6-5-11-19(20)23/h3-14,16,23-26H,15H2,1-2H3/t23?,24?,25-,26-/m1/s1. The van der Waals surface area contributed by atoms with Crippen molar-refractivity contribution in [1.29, 1.82) is 0 Å². The zero-order chi connectivity index (χ0) is 23.6. The van der Waals surface area contributed by atoms with Crippen LogP contribution < -0.4 is 4.90 Å². The van der Waals surface area contributed by atoms with Crippen molar-refractivity contribution in [2.45, 2.75) is 25.7 Å². The summed E-state index contributed by atoms with van der Waals surface area (Å²) in [6, 6.07) is 23.1. The summed E-state index contributed by atoms with van der Waals surface area (Å²) >= 11 is 0. The van der Waals surface area contributed by atoms with Crippen LogP contribution in [0.5, 0.6) is 0 Å². The number of esters is 1. The maximum Gasteiger partial charge on any atom is 0.340 e. The fourth-order valence-electron chi connectivity index (χ4n) is 6.08. The van der Waals surface area contributed by atoms with Crippen LogP contribution in [-0.4, -0.2) is 24.4 Å². The van der Waals surface area contributed by atoms with Crippen LogP contribution in [0.15, 0.2) is 72.8 Å². The zero-order valence-electron chi connectivity index (χ0n) is 19.1. The first-order valence-corrected chi connectivity index (χ1v) is 11.8. The maximum atomic E-state index is 14.0. The molecule has 3 aliphatic carbocycles. The van der Waals surface area contributed by atoms with Gasteiger partial charge in [-0.15, -0.1) is 0 Å². The Morgan fingerprint density at radius 3 is 1.68 bits per heavy atom. The Bertz CT molecular complexity index is 1230. The van der Waals surface area contributed by atoms with Gasteiger partial charge in [0.05, 0.1) is 29.7 Å². The van der Waals surface area contributed by atoms with E-state index in [9.17, 15) is 14.4 Å². The Morgan fingerprint density at radius 2 is 1.21 bits per heavy atom. The molecular weight excluding hydrogens is 426 g/mol. The van der Waals surface area contributed by atoms with Crippen LogP contribution >= 0.6 is 0 Å². The van der Waals surface area contributed by atoms with Crippen LogP contribution in [0.1, 0.15) is 58.3 Å². The molecule has 0 unspecified atom stereocenters. The smallest absolute Gasteiger partial charge is 0.340 e. The normalized spacial score (nSPS) is 24.1. The van der Waals surface area contributed by atoms with E-state index in [4.69, 9.17) is 4.74 Å². The number of carbonyl (C=O) groups is 3. The molecule has 3 aromatic carbocycles. The minimum absolute atomic E-state index is 0.177. The third kappa shape index (κ3) is 2.82. The minimum Gasteiger partial charge on any atom is -0.462 e. The van der Waals surface area contributed by atoms with Gasteiger partial charge in [-0.1, -0.05) is 74.5 Å². The van der Waals surface area contributed by atoms with Crippen molar-refractivity contribution in [1.82, 2.24) is 0 Å². The highest BCUT2D eigenvalue weighted by molar-refractivity contribution is 6.25. The highest BCUT2D eigenvalue weighted by Gasteiger charge is 2.62. The first kappa shape index (κ1) is 20.8. The molecule has 0 radical (unpaired) electrons. The average molecular weight is 452 g/mol. The number of imide groups is 1. The van der Waals surface area contributed by atoms with Crippen LogP contribution in [0.25, 0.3) is 0 Å². The summed E-state index contributed by atoms with van der Waals surface area (Å²) < 4.78 is 5.45. The molecule has 1 saturated heterocycles. The maximum absolute atomic E-state index is 14.0. The predicted molar refractivity (Wildman–Crippen MR) is 128 cm³/mol. The van der Waals surface area contributed by atoms with E-state index in [0.717, 1.165) is 22.3 Å². The molecule has 170 valence electrons. The second-order valence-corrected chi connectivity index (χ2v) is 9.79. The predicted octanol–water partition coefficient (Wildman–Crippen LogP) is 4.90. The molecule has 1 aliphatic heterocycles. The number of nitrogens with zero attached hydrogens (tertiary/aromatic N) is 1. The van der Waals surface area contributed by atoms with E-state index in [1.807, 2.05) is 38.1 Å². The number of hydrogen-bond acceptors (Lipinski definition) is 4. The van der Waals surface area contributed by atoms with Crippen molar-refractivity contribution in [3.05, 3.63) is 101 Å². The number of amides is 2. The van der Waals surface area contributed by atoms with Gasteiger partial charge >= 0.3 is 5.97 Å². The Balaban J connectivity index is 1.46. The van der Waals surface area contributed by atoms with Gasteiger partial charge in [-0.2, -0.15) is 0 Å². The SMILES string of the molecule is CC(C)COC(=O)c1ccccc1N1C(=O)[C@@H]2C3c4ccccc4C(c4ccccc43)[C@H]2C1=O. The monoisotopic (exact) mass is 451 g/mol. The van der Waals surface area contributed by atoms with Crippen molar-refractivity contribution >= 4 is 23.5 Å². The Kier molecular flexibility index (Phi) is 4.70. The molecule has 0 aromatic heterocycles. The fourth-order valence-corrected chi connectivity index (χ4v) is 6.08. The summed E-state index contributed by atoms with van der Waals surface area (Å²) in [7, 11) is 0. The lowest BCUT2D eigenvalue weighted by molar-refractivity contribution is -0.122. The second-order valence-electron chi connectivity index (χ2n) is 9.79. The van der Waals surface area contributed by atoms with Crippen LogP contribution in [0.3, 0.4) is 0 Å². The minimum atomic E-state index is -0.519. The first-order chi connectivity index (χ1) is 16.5. The topological polar surface area (TPSA) is 63.7 Å². The average Bonchev–Trinajstić information content (AvgIpc) is 3.13. The number of para-hydroxylation sites is 1. The highest BCUT2D eigenvalue weighted by atomic mass is 16.5. The molecule has 5 nitrogen and oxygen atoms in total. The van der Waals surface area contributed by atoms with Crippen LogP contribution in [0.4, 0.5) is 5.69 Å². The largest absolute Gasteiger partial charge is 0.462 e. The molecular formula is C29H25NO4. The molecule has 2 atom stereocenters. The molecule has 1 heterocycles. The van der Waals surface area contributed by atoms with E-state index in [0.29, 0.717) is 5.69 Å². The summed E-state index contributed by atoms with van der Waals surface area (Å²) in [4.78, 5) is 42.0. The molecule has 0 N–H and O–H groups in total. The number of anilines is 1. The van der Waals surface area contributed by atoms with Crippen LogP contribution in [0.2, 0.25) is 0 Å². The van der Waals surface area contributed by atoms with Gasteiger partial charge in [0.1, 0.15) is 0 Å². The summed E-state index contributed by atoms with van der Waals surface area (Å²) in [6.07, 6.45) is 0. The van der Waals surface area contributed by atoms with Crippen LogP contribution in [0, 0.1) is 17.8 Å². The zero-order valence-corrected chi connectivity index (χ0v) is 19.1. The molecule has 4 aliphatic rings. The lowest BCUT2D eigenvalue weighted by atomic mass is 9.55. The van der Waals surface area contributed by atoms with Crippen molar-refractivity contribution in [2.75, 3.05) is 11.5 Å². The van der Waals surface area contributed by atoms with Gasteiger partial charge in [0, 0.05) is 11.8 Å². The van der Waals surface area contributed by atoms with E-state index < -0.39 is 17.8 Å². The Morgan fingerprint density at radius 1 is 0.765 bits per heavy atom. The number of rotatable bonds is 4. The lowest BCUT2D eigenvalue weighted by Gasteiger charge is -2.45. The molecule has 0 spiro atoms. The number of benzene rings is 3. The number of carbonyl (C=O) groups excluding carboxylic acids is 3. The van der Waals surface area contributed by atoms with Gasteiger partial charge in [-0.05, 0) is 40.3 Å². The molecule has 2 amide bonds. The Hall–Kier alpha value is -3.73. The molecule has 7 rings (SSSR count). The summed E-state index contributed by atoms with van der Waals surface area (Å²) in [5, 5.41) is 0. The summed E-state index contributed by atoms with van der Waals surface area (Å²) in [6.45, 7) is 4.19. The molecule has 5 heteroatoms. The van der Waals surface area contributed by atoms with Gasteiger partial charge < -0.3 is 4.74 Å². The molecule has 2 bridgehead atoms. The van der Waals surface area contributed by atoms with E-state index in [1.165, 1.54) is 4.90 Å². The summed E-state index contributed by atoms with van der Waals surface area (Å²) in [5.74, 6) is -2.14. The van der Waals surface area contributed by atoms with E-state index in [-0.39, 0.29) is 41.7 Å². The lowest BCUT2D eigenvalue weighted by Crippen LogP contribution is -2.41. The quantitative estimate of drug-likeness (QED) is 0.418. The molecule has 3 aromatic rings. The van der Waals surface area contributed by atoms with Crippen molar-refractivity contribution < 1.29 is 19.1 Å².